The zero-order chi connectivity index (χ0) is 18.1. The molecule has 2 aromatic carbocycles. The number of benzene rings is 2. The van der Waals surface area contributed by atoms with Gasteiger partial charge in [0.25, 0.3) is 0 Å². The highest BCUT2D eigenvalue weighted by Crippen LogP contribution is 2.07. The quantitative estimate of drug-likeness (QED) is 0.456. The summed E-state index contributed by atoms with van der Waals surface area (Å²) < 4.78 is 27.4. The second-order valence-corrected chi connectivity index (χ2v) is 5.54. The molecule has 0 saturated carbocycles. The molecule has 0 radical (unpaired) electrons. The van der Waals surface area contributed by atoms with Gasteiger partial charge in [0.2, 0.25) is 0 Å². The van der Waals surface area contributed by atoms with Crippen molar-refractivity contribution in [3.8, 4) is 5.75 Å². The summed E-state index contributed by atoms with van der Waals surface area (Å²) >= 11 is 0. The van der Waals surface area contributed by atoms with Gasteiger partial charge in [0.1, 0.15) is 12.4 Å². The first-order chi connectivity index (χ1) is 12.9. The van der Waals surface area contributed by atoms with Crippen LogP contribution in [0.4, 0.5) is 0 Å². The summed E-state index contributed by atoms with van der Waals surface area (Å²) in [5.74, 6) is 0.859. The van der Waals surface area contributed by atoms with E-state index in [0.717, 1.165) is 5.75 Å². The Morgan fingerprint density at radius 1 is 0.462 bits per heavy atom. The predicted molar refractivity (Wildman–Crippen MR) is 100 cm³/mol. The molecular formula is C21H28O5. The SMILES string of the molecule is c1ccc(COCCOCCOCCOCCOc2ccccc2)cc1. The molecule has 0 aliphatic rings. The number of rotatable bonds is 15. The molecule has 142 valence electrons. The van der Waals surface area contributed by atoms with Crippen molar-refractivity contribution in [2.24, 2.45) is 0 Å². The smallest absolute Gasteiger partial charge is 0.119 e. The van der Waals surface area contributed by atoms with Gasteiger partial charge in [-0.25, -0.2) is 0 Å². The highest BCUT2D eigenvalue weighted by atomic mass is 16.6. The van der Waals surface area contributed by atoms with E-state index in [4.69, 9.17) is 23.7 Å². The van der Waals surface area contributed by atoms with Gasteiger partial charge in [-0.05, 0) is 17.7 Å². The molecule has 0 unspecified atom stereocenters. The van der Waals surface area contributed by atoms with Crippen LogP contribution < -0.4 is 4.74 Å². The molecule has 0 aromatic heterocycles. The highest BCUT2D eigenvalue weighted by molar-refractivity contribution is 5.20. The normalized spacial score (nSPS) is 10.8. The molecule has 5 nitrogen and oxygen atoms in total. The van der Waals surface area contributed by atoms with E-state index in [1.165, 1.54) is 5.56 Å². The third-order valence-corrected chi connectivity index (χ3v) is 3.47. The molecule has 0 saturated heterocycles. The van der Waals surface area contributed by atoms with Crippen LogP contribution >= 0.6 is 0 Å². The topological polar surface area (TPSA) is 46.2 Å². The number of hydrogen-bond acceptors (Lipinski definition) is 5. The van der Waals surface area contributed by atoms with E-state index in [1.807, 2.05) is 60.7 Å². The average Bonchev–Trinajstić information content (AvgIpc) is 2.70. The number of ether oxygens (including phenoxy) is 5. The molecule has 0 N–H and O–H groups in total. The molecule has 2 rings (SSSR count). The van der Waals surface area contributed by atoms with Crippen LogP contribution in [0.15, 0.2) is 60.7 Å². The number of para-hydroxylation sites is 1. The van der Waals surface area contributed by atoms with Crippen molar-refractivity contribution in [2.75, 3.05) is 52.9 Å². The Morgan fingerprint density at radius 2 is 0.923 bits per heavy atom. The minimum Gasteiger partial charge on any atom is -0.491 e. The molecule has 0 atom stereocenters. The molecule has 26 heavy (non-hydrogen) atoms. The summed E-state index contributed by atoms with van der Waals surface area (Å²) in [5.41, 5.74) is 1.17. The van der Waals surface area contributed by atoms with Gasteiger partial charge in [-0.3, -0.25) is 0 Å². The van der Waals surface area contributed by atoms with Crippen molar-refractivity contribution in [3.63, 3.8) is 0 Å². The minimum atomic E-state index is 0.538. The van der Waals surface area contributed by atoms with E-state index in [-0.39, 0.29) is 0 Å². The first-order valence-corrected chi connectivity index (χ1v) is 8.98. The van der Waals surface area contributed by atoms with Gasteiger partial charge in [-0.2, -0.15) is 0 Å². The van der Waals surface area contributed by atoms with Gasteiger partial charge in [0, 0.05) is 0 Å². The van der Waals surface area contributed by atoms with Crippen molar-refractivity contribution in [1.29, 1.82) is 0 Å². The van der Waals surface area contributed by atoms with Crippen molar-refractivity contribution in [3.05, 3.63) is 66.2 Å². The summed E-state index contributed by atoms with van der Waals surface area (Å²) in [7, 11) is 0. The minimum absolute atomic E-state index is 0.538. The van der Waals surface area contributed by atoms with E-state index in [0.29, 0.717) is 59.5 Å². The van der Waals surface area contributed by atoms with E-state index >= 15 is 0 Å². The Morgan fingerprint density at radius 3 is 1.50 bits per heavy atom. The summed E-state index contributed by atoms with van der Waals surface area (Å²) in [6, 6.07) is 19.8. The molecule has 0 spiro atoms. The monoisotopic (exact) mass is 360 g/mol. The fourth-order valence-electron chi connectivity index (χ4n) is 2.16. The first kappa shape index (κ1) is 20.4. The van der Waals surface area contributed by atoms with Gasteiger partial charge in [0.05, 0.1) is 52.9 Å². The molecule has 0 aliphatic heterocycles. The van der Waals surface area contributed by atoms with Gasteiger partial charge in [-0.15, -0.1) is 0 Å². The fourth-order valence-corrected chi connectivity index (χ4v) is 2.16. The van der Waals surface area contributed by atoms with E-state index in [2.05, 4.69) is 0 Å². The zero-order valence-corrected chi connectivity index (χ0v) is 15.2. The van der Waals surface area contributed by atoms with Crippen LogP contribution in [0.2, 0.25) is 0 Å². The largest absolute Gasteiger partial charge is 0.491 e. The molecule has 0 amide bonds. The Bertz CT molecular complexity index is 495. The highest BCUT2D eigenvalue weighted by Gasteiger charge is 1.95. The molecule has 2 aromatic rings. The van der Waals surface area contributed by atoms with Gasteiger partial charge in [-0.1, -0.05) is 48.5 Å². The fraction of sp³-hybridized carbons (Fsp3) is 0.429. The standard InChI is InChI=1S/C21H28O5/c1-3-7-20(8-4-1)19-25-16-15-23-12-11-22-13-14-24-17-18-26-21-9-5-2-6-10-21/h1-10H,11-19H2. The molecule has 0 aliphatic carbocycles. The van der Waals surface area contributed by atoms with Gasteiger partial charge < -0.3 is 23.7 Å². The van der Waals surface area contributed by atoms with Crippen LogP contribution in [0.3, 0.4) is 0 Å². The Kier molecular flexibility index (Phi) is 11.2. The van der Waals surface area contributed by atoms with Crippen molar-refractivity contribution in [2.45, 2.75) is 6.61 Å². The summed E-state index contributed by atoms with van der Waals surface area (Å²) in [5, 5.41) is 0. The van der Waals surface area contributed by atoms with E-state index in [1.54, 1.807) is 0 Å². The van der Waals surface area contributed by atoms with Crippen LogP contribution in [-0.4, -0.2) is 52.9 Å². The maximum atomic E-state index is 5.54. The Labute approximate surface area is 155 Å². The lowest BCUT2D eigenvalue weighted by atomic mass is 10.2. The number of hydrogen-bond donors (Lipinski definition) is 0. The summed E-state index contributed by atoms with van der Waals surface area (Å²) in [6.45, 7) is 5.09. The van der Waals surface area contributed by atoms with Crippen LogP contribution in [0.25, 0.3) is 0 Å². The van der Waals surface area contributed by atoms with E-state index in [9.17, 15) is 0 Å². The molecule has 0 heterocycles. The van der Waals surface area contributed by atoms with Crippen molar-refractivity contribution >= 4 is 0 Å². The maximum absolute atomic E-state index is 5.54. The maximum Gasteiger partial charge on any atom is 0.119 e. The second-order valence-electron chi connectivity index (χ2n) is 5.54. The Hall–Kier alpha value is -1.92. The van der Waals surface area contributed by atoms with E-state index < -0.39 is 0 Å². The van der Waals surface area contributed by atoms with Crippen molar-refractivity contribution in [1.82, 2.24) is 0 Å². The van der Waals surface area contributed by atoms with Crippen LogP contribution in [0.5, 0.6) is 5.75 Å². The molecule has 0 bridgehead atoms. The predicted octanol–water partition coefficient (Wildman–Crippen LogP) is 3.33. The summed E-state index contributed by atoms with van der Waals surface area (Å²) in [4.78, 5) is 0. The lowest BCUT2D eigenvalue weighted by Gasteiger charge is -2.08. The van der Waals surface area contributed by atoms with Crippen LogP contribution in [0.1, 0.15) is 5.56 Å². The molecular weight excluding hydrogens is 332 g/mol. The summed E-state index contributed by atoms with van der Waals surface area (Å²) in [6.07, 6.45) is 0. The average molecular weight is 360 g/mol. The van der Waals surface area contributed by atoms with Gasteiger partial charge >= 0.3 is 0 Å². The lowest BCUT2D eigenvalue weighted by molar-refractivity contribution is -0.00659. The lowest BCUT2D eigenvalue weighted by Crippen LogP contribution is -2.13. The van der Waals surface area contributed by atoms with Crippen molar-refractivity contribution < 1.29 is 23.7 Å². The van der Waals surface area contributed by atoms with Crippen LogP contribution in [0, 0.1) is 0 Å². The molecule has 5 heteroatoms. The van der Waals surface area contributed by atoms with Gasteiger partial charge in [0.15, 0.2) is 0 Å². The Balaban J connectivity index is 1.28. The zero-order valence-electron chi connectivity index (χ0n) is 15.2. The second kappa shape index (κ2) is 14.3. The van der Waals surface area contributed by atoms with Crippen LogP contribution in [-0.2, 0) is 25.6 Å². The first-order valence-electron chi connectivity index (χ1n) is 8.98. The third-order valence-electron chi connectivity index (χ3n) is 3.47. The molecule has 0 fully saturated rings. The third kappa shape index (κ3) is 10.2.